The summed E-state index contributed by atoms with van der Waals surface area (Å²) in [4.78, 5) is 0. The van der Waals surface area contributed by atoms with Gasteiger partial charge in [0.05, 0.1) is 6.10 Å². The second-order valence-corrected chi connectivity index (χ2v) is 5.60. The van der Waals surface area contributed by atoms with Crippen molar-refractivity contribution in [3.05, 3.63) is 29.3 Å². The van der Waals surface area contributed by atoms with E-state index in [1.807, 2.05) is 0 Å². The van der Waals surface area contributed by atoms with Crippen LogP contribution in [0.4, 0.5) is 5.69 Å². The van der Waals surface area contributed by atoms with E-state index in [9.17, 15) is 0 Å². The fraction of sp³-hybridized carbons (Fsp3) is 0.625. The number of hydrogen-bond donors (Lipinski definition) is 2. The second kappa shape index (κ2) is 5.93. The standard InChI is InChI=1S/C16H24N2O/c1-2-19-14-9-13(10-14)18-11-12-5-3-7-16-15(12)6-4-8-17-16/h3,5,7,13-14,17-18H,2,4,6,8-11H2,1H3. The largest absolute Gasteiger partial charge is 0.385 e. The van der Waals surface area contributed by atoms with Crippen LogP contribution < -0.4 is 10.6 Å². The van der Waals surface area contributed by atoms with Crippen LogP contribution in [-0.2, 0) is 17.7 Å². The van der Waals surface area contributed by atoms with Crippen LogP contribution in [0.2, 0.25) is 0 Å². The van der Waals surface area contributed by atoms with Crippen LogP contribution in [-0.4, -0.2) is 25.3 Å². The summed E-state index contributed by atoms with van der Waals surface area (Å²) >= 11 is 0. The van der Waals surface area contributed by atoms with E-state index in [1.54, 1.807) is 0 Å². The average Bonchev–Trinajstić information content (AvgIpc) is 2.41. The summed E-state index contributed by atoms with van der Waals surface area (Å²) in [5, 5.41) is 7.16. The number of benzene rings is 1. The van der Waals surface area contributed by atoms with Crippen molar-refractivity contribution >= 4 is 5.69 Å². The molecule has 3 heteroatoms. The molecule has 0 aromatic heterocycles. The highest BCUT2D eigenvalue weighted by molar-refractivity contribution is 5.56. The number of nitrogens with one attached hydrogen (secondary N) is 2. The van der Waals surface area contributed by atoms with E-state index in [0.717, 1.165) is 19.7 Å². The predicted molar refractivity (Wildman–Crippen MR) is 78.5 cm³/mol. The Bertz CT molecular complexity index is 427. The summed E-state index contributed by atoms with van der Waals surface area (Å²) in [6.45, 7) is 5.02. The lowest BCUT2D eigenvalue weighted by Crippen LogP contribution is -2.45. The minimum absolute atomic E-state index is 0.494. The molecule has 0 unspecified atom stereocenters. The fourth-order valence-electron chi connectivity index (χ4n) is 3.11. The number of hydrogen-bond acceptors (Lipinski definition) is 3. The first kappa shape index (κ1) is 12.9. The first-order valence-corrected chi connectivity index (χ1v) is 7.56. The maximum absolute atomic E-state index is 5.60. The minimum Gasteiger partial charge on any atom is -0.385 e. The second-order valence-electron chi connectivity index (χ2n) is 5.60. The highest BCUT2D eigenvalue weighted by Crippen LogP contribution is 2.27. The Balaban J connectivity index is 1.53. The van der Waals surface area contributed by atoms with Crippen molar-refractivity contribution in [3.8, 4) is 0 Å². The Morgan fingerprint density at radius 3 is 3.11 bits per heavy atom. The van der Waals surface area contributed by atoms with Gasteiger partial charge < -0.3 is 15.4 Å². The topological polar surface area (TPSA) is 33.3 Å². The molecule has 1 saturated carbocycles. The van der Waals surface area contributed by atoms with Crippen LogP contribution in [0, 0.1) is 0 Å². The van der Waals surface area contributed by atoms with E-state index in [1.165, 1.54) is 42.5 Å². The van der Waals surface area contributed by atoms with Gasteiger partial charge in [-0.1, -0.05) is 12.1 Å². The Morgan fingerprint density at radius 1 is 1.37 bits per heavy atom. The first-order valence-electron chi connectivity index (χ1n) is 7.56. The molecule has 3 nitrogen and oxygen atoms in total. The van der Waals surface area contributed by atoms with Gasteiger partial charge >= 0.3 is 0 Å². The maximum atomic E-state index is 5.60. The molecule has 1 aromatic rings. The summed E-state index contributed by atoms with van der Waals surface area (Å²) in [5.74, 6) is 0. The zero-order chi connectivity index (χ0) is 13.1. The molecule has 3 rings (SSSR count). The van der Waals surface area contributed by atoms with Gasteiger partial charge in [0.1, 0.15) is 0 Å². The summed E-state index contributed by atoms with van der Waals surface area (Å²) in [5.41, 5.74) is 4.32. The Hall–Kier alpha value is -1.06. The third kappa shape index (κ3) is 2.93. The van der Waals surface area contributed by atoms with E-state index in [2.05, 4.69) is 35.8 Å². The van der Waals surface area contributed by atoms with Gasteiger partial charge in [-0.2, -0.15) is 0 Å². The molecule has 0 amide bonds. The Morgan fingerprint density at radius 2 is 2.26 bits per heavy atom. The van der Waals surface area contributed by atoms with Crippen molar-refractivity contribution in [2.24, 2.45) is 0 Å². The molecule has 2 N–H and O–H groups in total. The lowest BCUT2D eigenvalue weighted by Gasteiger charge is -2.36. The third-order valence-corrected chi connectivity index (χ3v) is 4.27. The van der Waals surface area contributed by atoms with Crippen molar-refractivity contribution in [2.75, 3.05) is 18.5 Å². The smallest absolute Gasteiger partial charge is 0.0604 e. The number of rotatable bonds is 5. The molecule has 0 bridgehead atoms. The van der Waals surface area contributed by atoms with Crippen LogP contribution in [0.1, 0.15) is 37.3 Å². The molecule has 1 heterocycles. The van der Waals surface area contributed by atoms with Crippen LogP contribution >= 0.6 is 0 Å². The van der Waals surface area contributed by atoms with Gasteiger partial charge in [-0.3, -0.25) is 0 Å². The maximum Gasteiger partial charge on any atom is 0.0604 e. The van der Waals surface area contributed by atoms with E-state index in [0.29, 0.717) is 12.1 Å². The zero-order valence-corrected chi connectivity index (χ0v) is 11.7. The SMILES string of the molecule is CCOC1CC(NCc2cccc3c2CCCN3)C1. The highest BCUT2D eigenvalue weighted by atomic mass is 16.5. The molecule has 0 saturated heterocycles. The van der Waals surface area contributed by atoms with Crippen molar-refractivity contribution in [2.45, 2.75) is 51.3 Å². The fourth-order valence-corrected chi connectivity index (χ4v) is 3.11. The molecule has 2 aliphatic rings. The molecule has 0 atom stereocenters. The van der Waals surface area contributed by atoms with Gasteiger partial charge in [-0.15, -0.1) is 0 Å². The van der Waals surface area contributed by atoms with Gasteiger partial charge in [0, 0.05) is 31.4 Å². The summed E-state index contributed by atoms with van der Waals surface area (Å²) in [6.07, 6.45) is 5.29. The van der Waals surface area contributed by atoms with Crippen LogP contribution in [0.5, 0.6) is 0 Å². The molecule has 104 valence electrons. The minimum atomic E-state index is 0.494. The van der Waals surface area contributed by atoms with Crippen molar-refractivity contribution < 1.29 is 4.74 Å². The Labute approximate surface area is 115 Å². The van der Waals surface area contributed by atoms with Gasteiger partial charge in [-0.05, 0) is 49.8 Å². The lowest BCUT2D eigenvalue weighted by atomic mass is 9.88. The summed E-state index contributed by atoms with van der Waals surface area (Å²) in [6, 6.07) is 7.27. The molecule has 19 heavy (non-hydrogen) atoms. The van der Waals surface area contributed by atoms with Crippen LogP contribution in [0.25, 0.3) is 0 Å². The summed E-state index contributed by atoms with van der Waals surface area (Å²) < 4.78 is 5.60. The lowest BCUT2D eigenvalue weighted by molar-refractivity contribution is -0.0102. The highest BCUT2D eigenvalue weighted by Gasteiger charge is 2.29. The Kier molecular flexibility index (Phi) is 4.04. The van der Waals surface area contributed by atoms with Gasteiger partial charge in [0.2, 0.25) is 0 Å². The summed E-state index contributed by atoms with van der Waals surface area (Å²) in [7, 11) is 0. The molecule has 1 aliphatic carbocycles. The van der Waals surface area contributed by atoms with Gasteiger partial charge in [-0.25, -0.2) is 0 Å². The van der Waals surface area contributed by atoms with Gasteiger partial charge in [0.25, 0.3) is 0 Å². The monoisotopic (exact) mass is 260 g/mol. The molecule has 1 aromatic carbocycles. The molecule has 0 radical (unpaired) electrons. The van der Waals surface area contributed by atoms with E-state index in [-0.39, 0.29) is 0 Å². The van der Waals surface area contributed by atoms with E-state index < -0.39 is 0 Å². The van der Waals surface area contributed by atoms with Crippen LogP contribution in [0.3, 0.4) is 0 Å². The number of fused-ring (bicyclic) bond motifs is 1. The number of anilines is 1. The predicted octanol–water partition coefficient (Wildman–Crippen LogP) is 2.70. The van der Waals surface area contributed by atoms with E-state index in [4.69, 9.17) is 4.74 Å². The van der Waals surface area contributed by atoms with Crippen molar-refractivity contribution in [1.82, 2.24) is 5.32 Å². The molecule has 1 aliphatic heterocycles. The molecule has 0 spiro atoms. The quantitative estimate of drug-likeness (QED) is 0.854. The van der Waals surface area contributed by atoms with Crippen LogP contribution in [0.15, 0.2) is 18.2 Å². The zero-order valence-electron chi connectivity index (χ0n) is 11.7. The molecule has 1 fully saturated rings. The number of ether oxygens (including phenoxy) is 1. The third-order valence-electron chi connectivity index (χ3n) is 4.27. The normalized spacial score (nSPS) is 25.3. The molecular weight excluding hydrogens is 236 g/mol. The average molecular weight is 260 g/mol. The van der Waals surface area contributed by atoms with Gasteiger partial charge in [0.15, 0.2) is 0 Å². The van der Waals surface area contributed by atoms with E-state index >= 15 is 0 Å². The first-order chi connectivity index (χ1) is 9.36. The van der Waals surface area contributed by atoms with Crippen molar-refractivity contribution in [1.29, 1.82) is 0 Å². The van der Waals surface area contributed by atoms with Crippen molar-refractivity contribution in [3.63, 3.8) is 0 Å². The molecular formula is C16H24N2O.